The van der Waals surface area contributed by atoms with Crippen LogP contribution in [0.2, 0.25) is 0 Å². The maximum Gasteiger partial charge on any atom is 0.0922 e. The minimum Gasteiger partial charge on any atom is -0.347 e. The smallest absolute Gasteiger partial charge is 0.0922 e. The molecule has 19 heavy (non-hydrogen) atoms. The third-order valence-corrected chi connectivity index (χ3v) is 4.09. The summed E-state index contributed by atoms with van der Waals surface area (Å²) in [6.45, 7) is 3.37. The molecule has 0 aliphatic carbocycles. The summed E-state index contributed by atoms with van der Waals surface area (Å²) in [7, 11) is 8.64. The Morgan fingerprint density at radius 3 is 2.47 bits per heavy atom. The molecule has 0 aromatic carbocycles. The van der Waals surface area contributed by atoms with Crippen LogP contribution in [0.25, 0.3) is 0 Å². The van der Waals surface area contributed by atoms with Gasteiger partial charge in [0.15, 0.2) is 0 Å². The van der Waals surface area contributed by atoms with Gasteiger partial charge in [0, 0.05) is 31.9 Å². The molecule has 5 heteroatoms. The van der Waals surface area contributed by atoms with E-state index in [9.17, 15) is 0 Å². The lowest BCUT2D eigenvalue weighted by molar-refractivity contribution is 0.0922. The summed E-state index contributed by atoms with van der Waals surface area (Å²) in [5.74, 6) is 0. The van der Waals surface area contributed by atoms with Crippen LogP contribution in [0.1, 0.15) is 24.6 Å². The van der Waals surface area contributed by atoms with Crippen LogP contribution in [0.5, 0.6) is 0 Å². The molecule has 0 saturated carbocycles. The second kappa shape index (κ2) is 6.50. The molecule has 0 radical (unpaired) electrons. The van der Waals surface area contributed by atoms with E-state index >= 15 is 0 Å². The molecule has 2 rings (SSSR count). The Balaban J connectivity index is 2.00. The highest BCUT2D eigenvalue weighted by molar-refractivity contribution is 5.04. The molecule has 1 aliphatic heterocycles. The van der Waals surface area contributed by atoms with Crippen molar-refractivity contribution < 1.29 is 0 Å². The number of rotatable bonds is 5. The van der Waals surface area contributed by atoms with Gasteiger partial charge in [0.1, 0.15) is 0 Å². The van der Waals surface area contributed by atoms with Gasteiger partial charge in [-0.2, -0.15) is 0 Å². The van der Waals surface area contributed by atoms with Crippen LogP contribution in [0, 0.1) is 0 Å². The number of aromatic nitrogens is 2. The largest absolute Gasteiger partial charge is 0.347 e. The lowest BCUT2D eigenvalue weighted by atomic mass is 10.0. The van der Waals surface area contributed by atoms with Crippen LogP contribution < -0.4 is 0 Å². The molecule has 0 bridgehead atoms. The maximum atomic E-state index is 4.18. The molecule has 0 amide bonds. The van der Waals surface area contributed by atoms with Gasteiger partial charge in [-0.1, -0.05) is 0 Å². The molecule has 1 aromatic rings. The fourth-order valence-corrected chi connectivity index (χ4v) is 2.92. The van der Waals surface area contributed by atoms with E-state index in [4.69, 9.17) is 0 Å². The first-order valence-corrected chi connectivity index (χ1v) is 7.11. The number of hydrogen-bond acceptors (Lipinski definition) is 4. The molecule has 1 aromatic heterocycles. The van der Waals surface area contributed by atoms with Crippen molar-refractivity contribution in [3.8, 4) is 0 Å². The first-order chi connectivity index (χ1) is 9.08. The Kier molecular flexibility index (Phi) is 4.96. The van der Waals surface area contributed by atoms with Crippen LogP contribution in [0.4, 0.5) is 0 Å². The quantitative estimate of drug-likeness (QED) is 0.863. The van der Waals surface area contributed by atoms with Crippen molar-refractivity contribution in [2.24, 2.45) is 0 Å². The van der Waals surface area contributed by atoms with Crippen LogP contribution in [0.15, 0.2) is 12.5 Å². The normalized spacial score (nSPS) is 20.3. The lowest BCUT2D eigenvalue weighted by Gasteiger charge is -2.40. The molecular formula is C14H27N5. The van der Waals surface area contributed by atoms with Gasteiger partial charge in [0.05, 0.1) is 18.1 Å². The molecule has 108 valence electrons. The molecule has 1 N–H and O–H groups in total. The number of piperidine rings is 1. The van der Waals surface area contributed by atoms with Crippen LogP contribution in [0.3, 0.4) is 0 Å². The van der Waals surface area contributed by atoms with Crippen molar-refractivity contribution in [3.05, 3.63) is 18.2 Å². The van der Waals surface area contributed by atoms with E-state index in [-0.39, 0.29) is 0 Å². The maximum absolute atomic E-state index is 4.18. The monoisotopic (exact) mass is 265 g/mol. The van der Waals surface area contributed by atoms with E-state index < -0.39 is 0 Å². The van der Waals surface area contributed by atoms with E-state index in [2.05, 4.69) is 52.9 Å². The Morgan fingerprint density at radius 1 is 1.32 bits per heavy atom. The Labute approximate surface area is 116 Å². The van der Waals surface area contributed by atoms with Gasteiger partial charge in [0.2, 0.25) is 0 Å². The van der Waals surface area contributed by atoms with Crippen molar-refractivity contribution in [2.45, 2.75) is 24.9 Å². The van der Waals surface area contributed by atoms with E-state index in [1.54, 1.807) is 6.33 Å². The average molecular weight is 265 g/mol. The molecule has 1 unspecified atom stereocenters. The molecule has 1 aliphatic rings. The Morgan fingerprint density at radius 2 is 2.00 bits per heavy atom. The minimum atomic E-state index is 0.431. The molecule has 1 fully saturated rings. The first-order valence-electron chi connectivity index (χ1n) is 7.11. The summed E-state index contributed by atoms with van der Waals surface area (Å²) in [6.07, 6.45) is 6.26. The van der Waals surface area contributed by atoms with E-state index in [0.29, 0.717) is 6.04 Å². The summed E-state index contributed by atoms with van der Waals surface area (Å²) >= 11 is 0. The summed E-state index contributed by atoms with van der Waals surface area (Å²) in [4.78, 5) is 14.7. The number of hydrogen-bond donors (Lipinski definition) is 1. The highest BCUT2D eigenvalue weighted by Gasteiger charge is 2.27. The van der Waals surface area contributed by atoms with E-state index in [1.807, 2.05) is 6.20 Å². The zero-order valence-corrected chi connectivity index (χ0v) is 12.6. The number of likely N-dealkylation sites (tertiary alicyclic amines) is 1. The molecule has 5 nitrogen and oxygen atoms in total. The molecule has 1 atom stereocenters. The van der Waals surface area contributed by atoms with Crippen molar-refractivity contribution in [2.75, 3.05) is 47.8 Å². The van der Waals surface area contributed by atoms with Gasteiger partial charge >= 0.3 is 0 Å². The van der Waals surface area contributed by atoms with Crippen molar-refractivity contribution in [3.63, 3.8) is 0 Å². The predicted octanol–water partition coefficient (Wildman–Crippen LogP) is 1.04. The van der Waals surface area contributed by atoms with Gasteiger partial charge < -0.3 is 14.8 Å². The first kappa shape index (κ1) is 14.5. The molecule has 2 heterocycles. The Bertz CT molecular complexity index is 352. The van der Waals surface area contributed by atoms with E-state index in [1.165, 1.54) is 31.6 Å². The number of nitrogens with zero attached hydrogens (tertiary/aromatic N) is 4. The van der Waals surface area contributed by atoms with Crippen molar-refractivity contribution in [1.82, 2.24) is 24.7 Å². The van der Waals surface area contributed by atoms with Gasteiger partial charge in [-0.25, -0.2) is 4.98 Å². The minimum absolute atomic E-state index is 0.431. The summed E-state index contributed by atoms with van der Waals surface area (Å²) in [5.41, 5.74) is 1.23. The summed E-state index contributed by atoms with van der Waals surface area (Å²) < 4.78 is 0. The van der Waals surface area contributed by atoms with Crippen molar-refractivity contribution >= 4 is 0 Å². The third-order valence-electron chi connectivity index (χ3n) is 4.09. The topological polar surface area (TPSA) is 38.4 Å². The lowest BCUT2D eigenvalue weighted by Crippen LogP contribution is -2.45. The second-order valence-corrected chi connectivity index (χ2v) is 6.02. The zero-order valence-electron chi connectivity index (χ0n) is 12.6. The number of nitrogens with one attached hydrogen (secondary N) is 1. The molecular weight excluding hydrogens is 238 g/mol. The number of aromatic amines is 1. The predicted molar refractivity (Wildman–Crippen MR) is 78.2 cm³/mol. The third kappa shape index (κ3) is 3.78. The standard InChI is InChI=1S/C14H27N5/c1-17(2)10-14(13-9-15-11-16-13)19-7-5-12(6-8-19)18(3)4/h9,11-12,14H,5-8,10H2,1-4H3,(H,15,16). The number of imidazole rings is 1. The average Bonchev–Trinajstić information content (AvgIpc) is 2.89. The number of H-pyrrole nitrogens is 1. The second-order valence-electron chi connectivity index (χ2n) is 6.02. The highest BCUT2D eigenvalue weighted by Crippen LogP contribution is 2.24. The van der Waals surface area contributed by atoms with Gasteiger partial charge in [-0.05, 0) is 41.0 Å². The SMILES string of the molecule is CN(C)CC(c1cnc[nH]1)N1CCC(N(C)C)CC1. The van der Waals surface area contributed by atoms with Gasteiger partial charge in [-0.3, -0.25) is 4.90 Å². The van der Waals surface area contributed by atoms with Crippen molar-refractivity contribution in [1.29, 1.82) is 0 Å². The Hall–Kier alpha value is -0.910. The van der Waals surface area contributed by atoms with Crippen LogP contribution in [-0.2, 0) is 0 Å². The highest BCUT2D eigenvalue weighted by atomic mass is 15.2. The fourth-order valence-electron chi connectivity index (χ4n) is 2.92. The molecule has 0 spiro atoms. The van der Waals surface area contributed by atoms with Gasteiger partial charge in [-0.15, -0.1) is 0 Å². The number of likely N-dealkylation sites (N-methyl/N-ethyl adjacent to an activating group) is 1. The van der Waals surface area contributed by atoms with Crippen LogP contribution in [-0.4, -0.2) is 78.5 Å². The summed E-state index contributed by atoms with van der Waals surface area (Å²) in [6, 6.07) is 1.17. The summed E-state index contributed by atoms with van der Waals surface area (Å²) in [5, 5.41) is 0. The zero-order chi connectivity index (χ0) is 13.8. The molecule has 1 saturated heterocycles. The van der Waals surface area contributed by atoms with Crippen LogP contribution >= 0.6 is 0 Å². The van der Waals surface area contributed by atoms with Gasteiger partial charge in [0.25, 0.3) is 0 Å². The van der Waals surface area contributed by atoms with E-state index in [0.717, 1.165) is 12.6 Å². The fraction of sp³-hybridized carbons (Fsp3) is 0.786.